The number of carbonyl (C=O) groups excluding carboxylic acids is 2. The Morgan fingerprint density at radius 3 is 2.71 bits per heavy atom. The first-order chi connectivity index (χ1) is 11.5. The highest BCUT2D eigenvalue weighted by Crippen LogP contribution is 2.21. The van der Waals surface area contributed by atoms with E-state index in [0.717, 1.165) is 18.4 Å². The van der Waals surface area contributed by atoms with E-state index in [1.54, 1.807) is 11.9 Å². The Labute approximate surface area is 143 Å². The number of rotatable bonds is 6. The van der Waals surface area contributed by atoms with E-state index in [9.17, 15) is 14.7 Å². The molecule has 0 spiro atoms. The van der Waals surface area contributed by atoms with Gasteiger partial charge in [0, 0.05) is 20.1 Å². The van der Waals surface area contributed by atoms with E-state index in [4.69, 9.17) is 4.74 Å². The fraction of sp³-hybridized carbons (Fsp3) is 0.556. The summed E-state index contributed by atoms with van der Waals surface area (Å²) in [6.45, 7) is 3.15. The molecule has 1 N–H and O–H groups in total. The van der Waals surface area contributed by atoms with E-state index in [-0.39, 0.29) is 12.5 Å². The van der Waals surface area contributed by atoms with Gasteiger partial charge in [-0.25, -0.2) is 4.79 Å². The number of nitrogens with zero attached hydrogens (tertiary/aromatic N) is 2. The average Bonchev–Trinajstić information content (AvgIpc) is 2.99. The summed E-state index contributed by atoms with van der Waals surface area (Å²) >= 11 is 0. The summed E-state index contributed by atoms with van der Waals surface area (Å²) in [7, 11) is 1.70. The van der Waals surface area contributed by atoms with Gasteiger partial charge in [-0.2, -0.15) is 0 Å². The number of hydrogen-bond acceptors (Lipinski definition) is 4. The fourth-order valence-corrected chi connectivity index (χ4v) is 2.81. The molecule has 24 heavy (non-hydrogen) atoms. The van der Waals surface area contributed by atoms with Gasteiger partial charge in [-0.05, 0) is 18.4 Å². The number of ether oxygens (including phenoxy) is 1. The van der Waals surface area contributed by atoms with Gasteiger partial charge in [0.15, 0.2) is 0 Å². The van der Waals surface area contributed by atoms with Crippen LogP contribution >= 0.6 is 0 Å². The zero-order chi connectivity index (χ0) is 17.5. The second-order valence-corrected chi connectivity index (χ2v) is 6.15. The molecule has 1 aliphatic rings. The lowest BCUT2D eigenvalue weighted by Crippen LogP contribution is -2.50. The van der Waals surface area contributed by atoms with Crippen LogP contribution < -0.4 is 0 Å². The molecule has 1 saturated heterocycles. The summed E-state index contributed by atoms with van der Waals surface area (Å²) in [4.78, 5) is 27.8. The molecule has 1 heterocycles. The average molecular weight is 334 g/mol. The van der Waals surface area contributed by atoms with Crippen molar-refractivity contribution in [3.05, 3.63) is 35.9 Å². The monoisotopic (exact) mass is 334 g/mol. The second kappa shape index (κ2) is 8.68. The number of carbonyl (C=O) groups is 2. The Kier molecular flexibility index (Phi) is 6.61. The van der Waals surface area contributed by atoms with Crippen LogP contribution in [-0.4, -0.2) is 59.2 Å². The largest absolute Gasteiger partial charge is 0.445 e. The van der Waals surface area contributed by atoms with Crippen LogP contribution in [0.2, 0.25) is 0 Å². The molecule has 0 bridgehead atoms. The molecule has 6 heteroatoms. The molecule has 1 aliphatic heterocycles. The maximum absolute atomic E-state index is 12.6. The second-order valence-electron chi connectivity index (χ2n) is 6.15. The Morgan fingerprint density at radius 1 is 1.33 bits per heavy atom. The molecule has 1 fully saturated rings. The predicted molar refractivity (Wildman–Crippen MR) is 90.3 cm³/mol. The number of hydrogen-bond donors (Lipinski definition) is 1. The summed E-state index contributed by atoms with van der Waals surface area (Å²) in [6.07, 6.45) is 0.860. The van der Waals surface area contributed by atoms with Crippen LogP contribution in [0, 0.1) is 0 Å². The number of aliphatic hydroxyl groups excluding tert-OH is 1. The topological polar surface area (TPSA) is 70.1 Å². The summed E-state index contributed by atoms with van der Waals surface area (Å²) in [6, 6.07) is 8.52. The van der Waals surface area contributed by atoms with Crippen LogP contribution in [0.5, 0.6) is 0 Å². The molecule has 132 valence electrons. The number of amides is 2. The van der Waals surface area contributed by atoms with Crippen molar-refractivity contribution in [2.75, 3.05) is 20.1 Å². The molecule has 1 aromatic carbocycles. The molecule has 0 saturated carbocycles. The van der Waals surface area contributed by atoms with E-state index < -0.39 is 18.2 Å². The van der Waals surface area contributed by atoms with Crippen LogP contribution in [0.25, 0.3) is 0 Å². The number of benzene rings is 1. The van der Waals surface area contributed by atoms with E-state index in [1.807, 2.05) is 30.3 Å². The van der Waals surface area contributed by atoms with Gasteiger partial charge >= 0.3 is 6.09 Å². The van der Waals surface area contributed by atoms with Gasteiger partial charge in [0.25, 0.3) is 0 Å². The minimum Gasteiger partial charge on any atom is -0.445 e. The van der Waals surface area contributed by atoms with Crippen LogP contribution in [0.4, 0.5) is 4.79 Å². The molecule has 0 aliphatic carbocycles. The van der Waals surface area contributed by atoms with Gasteiger partial charge in [0.1, 0.15) is 12.6 Å². The molecule has 2 amide bonds. The van der Waals surface area contributed by atoms with E-state index in [2.05, 4.69) is 6.92 Å². The normalized spacial score (nSPS) is 20.0. The number of unbranched alkanes of at least 4 members (excludes halogenated alkanes) is 1. The highest BCUT2D eigenvalue weighted by atomic mass is 16.6. The fourth-order valence-electron chi connectivity index (χ4n) is 2.81. The predicted octanol–water partition coefficient (Wildman–Crippen LogP) is 2.02. The number of aliphatic hydroxyl groups is 1. The highest BCUT2D eigenvalue weighted by molar-refractivity contribution is 5.86. The lowest BCUT2D eigenvalue weighted by molar-refractivity contribution is -0.136. The highest BCUT2D eigenvalue weighted by Gasteiger charge is 2.42. The van der Waals surface area contributed by atoms with Gasteiger partial charge < -0.3 is 14.7 Å². The van der Waals surface area contributed by atoms with Crippen molar-refractivity contribution in [2.45, 2.75) is 44.9 Å². The molecule has 2 rings (SSSR count). The Hall–Kier alpha value is -2.08. The molecular formula is C18H26N2O4. The third-order valence-electron chi connectivity index (χ3n) is 4.28. The lowest BCUT2D eigenvalue weighted by Gasteiger charge is -2.28. The van der Waals surface area contributed by atoms with Crippen molar-refractivity contribution >= 4 is 12.0 Å². The van der Waals surface area contributed by atoms with Crippen LogP contribution in [0.1, 0.15) is 31.7 Å². The summed E-state index contributed by atoms with van der Waals surface area (Å²) in [5.74, 6) is -0.231. The lowest BCUT2D eigenvalue weighted by atomic mass is 10.1. The van der Waals surface area contributed by atoms with Crippen LogP contribution in [0.15, 0.2) is 30.3 Å². The molecular weight excluding hydrogens is 308 g/mol. The standard InChI is InChI=1S/C18H26N2O4/c1-3-4-11-19(2)17(22)16-15(21)10-12-20(16)18(23)24-13-14-8-6-5-7-9-14/h5-9,15-16,21H,3-4,10-13H2,1-2H3/t15?,16-/m0/s1. The van der Waals surface area contributed by atoms with Gasteiger partial charge in [-0.1, -0.05) is 43.7 Å². The van der Waals surface area contributed by atoms with Crippen molar-refractivity contribution in [3.8, 4) is 0 Å². The quantitative estimate of drug-likeness (QED) is 0.864. The smallest absolute Gasteiger partial charge is 0.410 e. The zero-order valence-electron chi connectivity index (χ0n) is 14.4. The van der Waals surface area contributed by atoms with Gasteiger partial charge in [0.2, 0.25) is 5.91 Å². The molecule has 1 aromatic rings. The first-order valence-electron chi connectivity index (χ1n) is 8.45. The van der Waals surface area contributed by atoms with Crippen LogP contribution in [-0.2, 0) is 16.1 Å². The third-order valence-corrected chi connectivity index (χ3v) is 4.28. The van der Waals surface area contributed by atoms with Gasteiger partial charge in [-0.15, -0.1) is 0 Å². The summed E-state index contributed by atoms with van der Waals surface area (Å²) in [5, 5.41) is 10.1. The maximum Gasteiger partial charge on any atom is 0.410 e. The molecule has 0 aromatic heterocycles. The first-order valence-corrected chi connectivity index (χ1v) is 8.45. The Bertz CT molecular complexity index is 549. The number of likely N-dealkylation sites (tertiary alicyclic amines) is 1. The minimum absolute atomic E-state index is 0.152. The summed E-state index contributed by atoms with van der Waals surface area (Å²) < 4.78 is 5.31. The molecule has 2 atom stereocenters. The molecule has 1 unspecified atom stereocenters. The molecule has 0 radical (unpaired) electrons. The first kappa shape index (κ1) is 18.3. The van der Waals surface area contributed by atoms with E-state index in [0.29, 0.717) is 19.5 Å². The SMILES string of the molecule is CCCCN(C)C(=O)[C@@H]1C(O)CCN1C(=O)OCc1ccccc1. The van der Waals surface area contributed by atoms with E-state index >= 15 is 0 Å². The molecule has 6 nitrogen and oxygen atoms in total. The van der Waals surface area contributed by atoms with Crippen LogP contribution in [0.3, 0.4) is 0 Å². The third kappa shape index (κ3) is 4.47. The Morgan fingerprint density at radius 2 is 2.04 bits per heavy atom. The van der Waals surface area contributed by atoms with Gasteiger partial charge in [-0.3, -0.25) is 9.69 Å². The van der Waals surface area contributed by atoms with E-state index in [1.165, 1.54) is 4.90 Å². The van der Waals surface area contributed by atoms with Crippen molar-refractivity contribution in [1.29, 1.82) is 0 Å². The maximum atomic E-state index is 12.6. The zero-order valence-corrected chi connectivity index (χ0v) is 14.4. The summed E-state index contributed by atoms with van der Waals surface area (Å²) in [5.41, 5.74) is 0.883. The minimum atomic E-state index is -0.852. The number of likely N-dealkylation sites (N-methyl/N-ethyl adjacent to an activating group) is 1. The van der Waals surface area contributed by atoms with Crippen molar-refractivity contribution in [1.82, 2.24) is 9.80 Å². The van der Waals surface area contributed by atoms with Gasteiger partial charge in [0.05, 0.1) is 6.10 Å². The van der Waals surface area contributed by atoms with Crippen molar-refractivity contribution in [3.63, 3.8) is 0 Å². The van der Waals surface area contributed by atoms with Crippen molar-refractivity contribution < 1.29 is 19.4 Å². The van der Waals surface area contributed by atoms with Crippen molar-refractivity contribution in [2.24, 2.45) is 0 Å². The Balaban J connectivity index is 1.97.